The molecule has 0 aromatic carbocycles. The molecule has 78 valence electrons. The molecule has 0 aliphatic heterocycles. The highest BCUT2D eigenvalue weighted by Crippen LogP contribution is 2.15. The fourth-order valence-electron chi connectivity index (χ4n) is 1.37. The fourth-order valence-corrected chi connectivity index (χ4v) is 2.23. The Kier molecular flexibility index (Phi) is 5.17. The number of hydrogen-bond acceptors (Lipinski definition) is 3. The molecule has 0 spiro atoms. The number of hydrogen-bond donors (Lipinski definition) is 1. The zero-order chi connectivity index (χ0) is 10.5. The highest BCUT2D eigenvalue weighted by molar-refractivity contribution is 7.85. The highest BCUT2D eigenvalue weighted by Gasteiger charge is 2.14. The van der Waals surface area contributed by atoms with Crippen LogP contribution in [0.15, 0.2) is 0 Å². The van der Waals surface area contributed by atoms with Crippen molar-refractivity contribution in [3.63, 3.8) is 0 Å². The lowest BCUT2D eigenvalue weighted by Gasteiger charge is -2.13. The minimum atomic E-state index is -3.87. The lowest BCUT2D eigenvalue weighted by Crippen LogP contribution is -2.15. The summed E-state index contributed by atoms with van der Waals surface area (Å²) in [5.74, 6) is -0.157. The van der Waals surface area contributed by atoms with Crippen molar-refractivity contribution in [1.82, 2.24) is 0 Å². The first-order chi connectivity index (χ1) is 5.85. The van der Waals surface area contributed by atoms with Crippen molar-refractivity contribution in [3.8, 4) is 0 Å². The van der Waals surface area contributed by atoms with Crippen LogP contribution in [0.25, 0.3) is 0 Å². The molecular weight excluding hydrogens is 192 g/mol. The van der Waals surface area contributed by atoms with Crippen LogP contribution in [0, 0.1) is 11.8 Å². The average molecular weight is 208 g/mol. The third kappa shape index (κ3) is 7.93. The number of carbonyl (C=O) groups excluding carboxylic acids is 1. The molecule has 0 saturated carbocycles. The second-order valence-electron chi connectivity index (χ2n) is 3.60. The molecule has 0 amide bonds. The zero-order valence-corrected chi connectivity index (χ0v) is 8.75. The summed E-state index contributed by atoms with van der Waals surface area (Å²) in [4.78, 5) is 10.1. The molecule has 4 nitrogen and oxygen atoms in total. The third-order valence-corrected chi connectivity index (χ3v) is 2.79. The molecule has 0 aliphatic rings. The van der Waals surface area contributed by atoms with Gasteiger partial charge in [0.15, 0.2) is 0 Å². The molecule has 0 fully saturated rings. The van der Waals surface area contributed by atoms with E-state index < -0.39 is 10.1 Å². The van der Waals surface area contributed by atoms with Crippen molar-refractivity contribution >= 4 is 16.4 Å². The third-order valence-electron chi connectivity index (χ3n) is 1.80. The quantitative estimate of drug-likeness (QED) is 0.524. The summed E-state index contributed by atoms with van der Waals surface area (Å²) in [6.45, 7) is 3.63. The van der Waals surface area contributed by atoms with Crippen molar-refractivity contribution < 1.29 is 17.8 Å². The monoisotopic (exact) mass is 208 g/mol. The van der Waals surface area contributed by atoms with Crippen molar-refractivity contribution in [2.45, 2.75) is 26.7 Å². The van der Waals surface area contributed by atoms with Crippen LogP contribution >= 0.6 is 0 Å². The molecular formula is C8H16O4S. The molecule has 1 N–H and O–H groups in total. The second-order valence-corrected chi connectivity index (χ2v) is 5.09. The van der Waals surface area contributed by atoms with Gasteiger partial charge in [-0.15, -0.1) is 0 Å². The largest absolute Gasteiger partial charge is 0.303 e. The maximum atomic E-state index is 10.5. The SMILES string of the molecule is CC(CC=O)CC(C)CS(=O)(=O)O. The van der Waals surface area contributed by atoms with Crippen LogP contribution in [0.3, 0.4) is 0 Å². The van der Waals surface area contributed by atoms with Gasteiger partial charge in [0.25, 0.3) is 10.1 Å². The topological polar surface area (TPSA) is 71.4 Å². The van der Waals surface area contributed by atoms with Gasteiger partial charge in [0.05, 0.1) is 5.75 Å². The van der Waals surface area contributed by atoms with Crippen molar-refractivity contribution in [2.75, 3.05) is 5.75 Å². The Balaban J connectivity index is 3.87. The smallest absolute Gasteiger partial charge is 0.265 e. The summed E-state index contributed by atoms with van der Waals surface area (Å²) in [5, 5.41) is 0. The van der Waals surface area contributed by atoms with Gasteiger partial charge in [0.1, 0.15) is 6.29 Å². The summed E-state index contributed by atoms with van der Waals surface area (Å²) in [6, 6.07) is 0. The van der Waals surface area contributed by atoms with Gasteiger partial charge in [-0.1, -0.05) is 13.8 Å². The van der Waals surface area contributed by atoms with Gasteiger partial charge in [-0.25, -0.2) is 0 Å². The van der Waals surface area contributed by atoms with E-state index in [4.69, 9.17) is 4.55 Å². The Morgan fingerprint density at radius 3 is 2.23 bits per heavy atom. The Morgan fingerprint density at radius 2 is 1.85 bits per heavy atom. The second kappa shape index (κ2) is 5.34. The van der Waals surface area contributed by atoms with E-state index in [9.17, 15) is 13.2 Å². The fraction of sp³-hybridized carbons (Fsp3) is 0.875. The lowest BCUT2D eigenvalue weighted by molar-refractivity contribution is -0.108. The Morgan fingerprint density at radius 1 is 1.31 bits per heavy atom. The summed E-state index contributed by atoms with van der Waals surface area (Å²) in [7, 11) is -3.87. The van der Waals surface area contributed by atoms with E-state index in [2.05, 4.69) is 0 Å². The maximum Gasteiger partial charge on any atom is 0.265 e. The molecule has 2 atom stereocenters. The first-order valence-corrected chi connectivity index (χ1v) is 5.85. The number of rotatable bonds is 6. The number of carbonyl (C=O) groups is 1. The van der Waals surface area contributed by atoms with E-state index in [1.807, 2.05) is 6.92 Å². The van der Waals surface area contributed by atoms with Gasteiger partial charge in [0.2, 0.25) is 0 Å². The molecule has 0 bridgehead atoms. The van der Waals surface area contributed by atoms with E-state index >= 15 is 0 Å². The molecule has 0 saturated heterocycles. The Labute approximate surface area is 79.1 Å². The van der Waals surface area contributed by atoms with Gasteiger partial charge in [-0.05, 0) is 18.3 Å². The molecule has 0 aromatic rings. The molecule has 0 aliphatic carbocycles. The van der Waals surface area contributed by atoms with Crippen LogP contribution in [0.4, 0.5) is 0 Å². The first-order valence-electron chi connectivity index (χ1n) is 4.24. The normalized spacial score (nSPS) is 16.5. The van der Waals surface area contributed by atoms with Crippen molar-refractivity contribution in [2.24, 2.45) is 11.8 Å². The Bertz CT molecular complexity index is 245. The standard InChI is InChI=1S/C8H16O4S/c1-7(3-4-9)5-8(2)6-13(10,11)12/h4,7-8H,3,5-6H2,1-2H3,(H,10,11,12). The van der Waals surface area contributed by atoms with Crippen molar-refractivity contribution in [3.05, 3.63) is 0 Å². The molecule has 2 unspecified atom stereocenters. The van der Waals surface area contributed by atoms with Crippen LogP contribution in [0.5, 0.6) is 0 Å². The van der Waals surface area contributed by atoms with E-state index in [0.717, 1.165) is 6.29 Å². The maximum absolute atomic E-state index is 10.5. The van der Waals surface area contributed by atoms with E-state index in [1.165, 1.54) is 0 Å². The van der Waals surface area contributed by atoms with E-state index in [1.54, 1.807) is 6.92 Å². The van der Waals surface area contributed by atoms with E-state index in [0.29, 0.717) is 12.8 Å². The molecule has 0 aromatic heterocycles. The average Bonchev–Trinajstić information content (AvgIpc) is 1.81. The molecule has 0 heterocycles. The summed E-state index contributed by atoms with van der Waals surface area (Å²) in [6.07, 6.45) is 1.90. The van der Waals surface area contributed by atoms with Gasteiger partial charge in [-0.3, -0.25) is 4.55 Å². The van der Waals surface area contributed by atoms with Gasteiger partial charge in [-0.2, -0.15) is 8.42 Å². The van der Waals surface area contributed by atoms with E-state index in [-0.39, 0.29) is 17.6 Å². The van der Waals surface area contributed by atoms with Crippen LogP contribution in [-0.2, 0) is 14.9 Å². The van der Waals surface area contributed by atoms with Crippen LogP contribution < -0.4 is 0 Å². The predicted molar refractivity (Wildman–Crippen MR) is 50.0 cm³/mol. The zero-order valence-electron chi connectivity index (χ0n) is 7.93. The summed E-state index contributed by atoms with van der Waals surface area (Å²) in [5.41, 5.74) is 0. The Hall–Kier alpha value is -0.420. The van der Waals surface area contributed by atoms with Gasteiger partial charge >= 0.3 is 0 Å². The van der Waals surface area contributed by atoms with Gasteiger partial charge in [0, 0.05) is 6.42 Å². The minimum absolute atomic E-state index is 0.107. The van der Waals surface area contributed by atoms with Crippen LogP contribution in [0.1, 0.15) is 26.7 Å². The first kappa shape index (κ1) is 12.6. The minimum Gasteiger partial charge on any atom is -0.303 e. The molecule has 0 radical (unpaired) electrons. The van der Waals surface area contributed by atoms with Gasteiger partial charge < -0.3 is 4.79 Å². The van der Waals surface area contributed by atoms with Crippen molar-refractivity contribution in [1.29, 1.82) is 0 Å². The highest BCUT2D eigenvalue weighted by atomic mass is 32.2. The summed E-state index contributed by atoms with van der Waals surface area (Å²) < 4.78 is 29.5. The van der Waals surface area contributed by atoms with Crippen LogP contribution in [-0.4, -0.2) is 25.0 Å². The molecule has 13 heavy (non-hydrogen) atoms. The van der Waals surface area contributed by atoms with Crippen LogP contribution in [0.2, 0.25) is 0 Å². The molecule has 5 heteroatoms. The molecule has 0 rings (SSSR count). The lowest BCUT2D eigenvalue weighted by atomic mass is 9.97. The predicted octanol–water partition coefficient (Wildman–Crippen LogP) is 1.13. The summed E-state index contributed by atoms with van der Waals surface area (Å²) >= 11 is 0. The number of aldehydes is 1.